The molecule has 4 nitrogen and oxygen atoms in total. The first-order valence-corrected chi connectivity index (χ1v) is 5.96. The second-order valence-electron chi connectivity index (χ2n) is 4.59. The Morgan fingerprint density at radius 2 is 1.82 bits per heavy atom. The van der Waals surface area contributed by atoms with E-state index in [1.807, 2.05) is 6.92 Å². The van der Waals surface area contributed by atoms with Crippen LogP contribution in [-0.4, -0.2) is 23.6 Å². The molecule has 17 heavy (non-hydrogen) atoms. The molecule has 4 heteroatoms. The van der Waals surface area contributed by atoms with Crippen LogP contribution >= 0.6 is 0 Å². The van der Waals surface area contributed by atoms with Crippen LogP contribution in [0.15, 0.2) is 12.2 Å². The van der Waals surface area contributed by atoms with E-state index in [1.165, 1.54) is 13.8 Å². The molecule has 0 aliphatic heterocycles. The third-order valence-corrected chi connectivity index (χ3v) is 2.94. The second kappa shape index (κ2) is 5.84. The first kappa shape index (κ1) is 13.7. The van der Waals surface area contributed by atoms with Crippen LogP contribution in [0.25, 0.3) is 0 Å². The summed E-state index contributed by atoms with van der Waals surface area (Å²) in [4.78, 5) is 22.3. The maximum atomic E-state index is 11.2. The summed E-state index contributed by atoms with van der Waals surface area (Å²) in [6.45, 7) is 4.59. The third kappa shape index (κ3) is 4.21. The minimum atomic E-state index is -0.720. The molecule has 1 rings (SSSR count). The summed E-state index contributed by atoms with van der Waals surface area (Å²) in [6, 6.07) is 0. The van der Waals surface area contributed by atoms with Gasteiger partial charge >= 0.3 is 11.9 Å². The van der Waals surface area contributed by atoms with E-state index >= 15 is 0 Å². The molecule has 0 N–H and O–H groups in total. The Balaban J connectivity index is 2.85. The molecule has 1 aliphatic carbocycles. The number of ether oxygens (including phenoxy) is 2. The highest BCUT2D eigenvalue weighted by Crippen LogP contribution is 2.30. The highest BCUT2D eigenvalue weighted by Gasteiger charge is 2.39. The highest BCUT2D eigenvalue weighted by molar-refractivity contribution is 5.67. The number of hydrogen-bond donors (Lipinski definition) is 0. The largest absolute Gasteiger partial charge is 0.458 e. The normalized spacial score (nSPS) is 30.9. The number of rotatable bonds is 2. The van der Waals surface area contributed by atoms with E-state index < -0.39 is 5.60 Å². The van der Waals surface area contributed by atoms with Crippen LogP contribution in [0.4, 0.5) is 0 Å². The van der Waals surface area contributed by atoms with Crippen LogP contribution in [0.5, 0.6) is 0 Å². The van der Waals surface area contributed by atoms with Gasteiger partial charge < -0.3 is 9.47 Å². The fourth-order valence-electron chi connectivity index (χ4n) is 2.15. The van der Waals surface area contributed by atoms with E-state index in [4.69, 9.17) is 9.47 Å². The highest BCUT2D eigenvalue weighted by atomic mass is 16.6. The topological polar surface area (TPSA) is 52.6 Å². The van der Waals surface area contributed by atoms with Crippen molar-refractivity contribution in [1.82, 2.24) is 0 Å². The van der Waals surface area contributed by atoms with Crippen LogP contribution in [0.2, 0.25) is 0 Å². The number of allylic oxidation sites excluding steroid dienone is 2. The van der Waals surface area contributed by atoms with E-state index in [0.29, 0.717) is 12.8 Å². The van der Waals surface area contributed by atoms with Crippen molar-refractivity contribution in [2.24, 2.45) is 0 Å². The van der Waals surface area contributed by atoms with Gasteiger partial charge in [0, 0.05) is 13.8 Å². The molecular formula is C13H20O4. The van der Waals surface area contributed by atoms with E-state index in [-0.39, 0.29) is 18.0 Å². The third-order valence-electron chi connectivity index (χ3n) is 2.94. The molecule has 1 aliphatic rings. The van der Waals surface area contributed by atoms with Crippen LogP contribution in [0.1, 0.15) is 46.5 Å². The zero-order valence-electron chi connectivity index (χ0n) is 10.7. The Bertz CT molecular complexity index is 321. The van der Waals surface area contributed by atoms with Gasteiger partial charge in [0.15, 0.2) is 0 Å². The standard InChI is InChI=1S/C13H20O4/c1-10(14)16-12-8-6-4-5-7-9-13(12,3)17-11(2)15/h4-5,12H,6-9H2,1-3H3/b5-4-. The molecular weight excluding hydrogens is 220 g/mol. The van der Waals surface area contributed by atoms with Crippen molar-refractivity contribution < 1.29 is 19.1 Å². The van der Waals surface area contributed by atoms with Crippen molar-refractivity contribution in [3.8, 4) is 0 Å². The molecule has 0 aromatic carbocycles. The molecule has 0 aromatic rings. The molecule has 0 fully saturated rings. The molecule has 0 saturated heterocycles. The summed E-state index contributed by atoms with van der Waals surface area (Å²) < 4.78 is 10.7. The lowest BCUT2D eigenvalue weighted by Gasteiger charge is -2.36. The Kier molecular flexibility index (Phi) is 4.73. The monoisotopic (exact) mass is 240 g/mol. The van der Waals surface area contributed by atoms with E-state index in [9.17, 15) is 9.59 Å². The van der Waals surface area contributed by atoms with Gasteiger partial charge in [-0.1, -0.05) is 12.2 Å². The SMILES string of the molecule is CC(=O)OC1CC/C=C\CCC1(C)OC(C)=O. The Hall–Kier alpha value is -1.32. The number of esters is 2. The first-order valence-electron chi connectivity index (χ1n) is 5.96. The van der Waals surface area contributed by atoms with Crippen molar-refractivity contribution in [3.63, 3.8) is 0 Å². The number of hydrogen-bond acceptors (Lipinski definition) is 4. The van der Waals surface area contributed by atoms with Crippen LogP contribution < -0.4 is 0 Å². The maximum absolute atomic E-state index is 11.2. The smallest absolute Gasteiger partial charge is 0.303 e. The van der Waals surface area contributed by atoms with Gasteiger partial charge in [0.2, 0.25) is 0 Å². The van der Waals surface area contributed by atoms with Crippen molar-refractivity contribution in [2.45, 2.75) is 58.2 Å². The Morgan fingerprint density at radius 3 is 2.41 bits per heavy atom. The number of carbonyl (C=O) groups is 2. The van der Waals surface area contributed by atoms with Gasteiger partial charge in [0.05, 0.1) is 0 Å². The lowest BCUT2D eigenvalue weighted by atomic mass is 9.88. The average Bonchev–Trinajstić information content (AvgIpc) is 2.17. The molecule has 0 heterocycles. The first-order chi connectivity index (χ1) is 7.94. The fourth-order valence-corrected chi connectivity index (χ4v) is 2.15. The summed E-state index contributed by atoms with van der Waals surface area (Å²) in [5.41, 5.74) is -0.720. The van der Waals surface area contributed by atoms with E-state index in [0.717, 1.165) is 12.8 Å². The van der Waals surface area contributed by atoms with Gasteiger partial charge in [0.25, 0.3) is 0 Å². The summed E-state index contributed by atoms with van der Waals surface area (Å²) in [7, 11) is 0. The minimum Gasteiger partial charge on any atom is -0.458 e. The molecule has 0 saturated carbocycles. The summed E-state index contributed by atoms with van der Waals surface area (Å²) >= 11 is 0. The molecule has 0 amide bonds. The van der Waals surface area contributed by atoms with Crippen molar-refractivity contribution in [3.05, 3.63) is 12.2 Å². The van der Waals surface area contributed by atoms with E-state index in [1.54, 1.807) is 0 Å². The zero-order valence-corrected chi connectivity index (χ0v) is 10.7. The molecule has 2 atom stereocenters. The molecule has 0 radical (unpaired) electrons. The van der Waals surface area contributed by atoms with Gasteiger partial charge in [-0.25, -0.2) is 0 Å². The molecule has 0 aromatic heterocycles. The summed E-state index contributed by atoms with van der Waals surface area (Å²) in [6.07, 6.45) is 6.78. The van der Waals surface area contributed by atoms with Gasteiger partial charge in [-0.3, -0.25) is 9.59 Å². The minimum absolute atomic E-state index is 0.335. The van der Waals surface area contributed by atoms with Gasteiger partial charge in [-0.05, 0) is 32.6 Å². The van der Waals surface area contributed by atoms with Crippen LogP contribution in [-0.2, 0) is 19.1 Å². The maximum Gasteiger partial charge on any atom is 0.303 e. The van der Waals surface area contributed by atoms with Gasteiger partial charge in [-0.2, -0.15) is 0 Å². The van der Waals surface area contributed by atoms with Crippen molar-refractivity contribution in [2.75, 3.05) is 0 Å². The second-order valence-corrected chi connectivity index (χ2v) is 4.59. The molecule has 96 valence electrons. The molecule has 0 spiro atoms. The molecule has 0 bridgehead atoms. The van der Waals surface area contributed by atoms with Crippen molar-refractivity contribution >= 4 is 11.9 Å². The fraction of sp³-hybridized carbons (Fsp3) is 0.692. The lowest BCUT2D eigenvalue weighted by molar-refractivity contribution is -0.183. The number of carbonyl (C=O) groups excluding carboxylic acids is 2. The summed E-state index contributed by atoms with van der Waals surface area (Å²) in [5.74, 6) is -0.674. The quantitative estimate of drug-likeness (QED) is 0.549. The van der Waals surface area contributed by atoms with Gasteiger partial charge in [0.1, 0.15) is 11.7 Å². The summed E-state index contributed by atoms with van der Waals surface area (Å²) in [5, 5.41) is 0. The zero-order chi connectivity index (χ0) is 12.9. The van der Waals surface area contributed by atoms with Crippen LogP contribution in [0, 0.1) is 0 Å². The van der Waals surface area contributed by atoms with Gasteiger partial charge in [-0.15, -0.1) is 0 Å². The Morgan fingerprint density at radius 1 is 1.18 bits per heavy atom. The van der Waals surface area contributed by atoms with Crippen LogP contribution in [0.3, 0.4) is 0 Å². The Labute approximate surface area is 102 Å². The molecule has 2 unspecified atom stereocenters. The average molecular weight is 240 g/mol. The van der Waals surface area contributed by atoms with Crippen molar-refractivity contribution in [1.29, 1.82) is 0 Å². The van der Waals surface area contributed by atoms with E-state index in [2.05, 4.69) is 12.2 Å². The predicted octanol–water partition coefficient (Wildman–Crippen LogP) is 2.37. The lowest BCUT2D eigenvalue weighted by Crippen LogP contribution is -2.46. The predicted molar refractivity (Wildman–Crippen MR) is 63.3 cm³/mol.